The van der Waals surface area contributed by atoms with E-state index in [0.717, 1.165) is 36.8 Å². The Kier molecular flexibility index (Phi) is 7.12. The van der Waals surface area contributed by atoms with Crippen LogP contribution in [0.25, 0.3) is 11.4 Å². The Labute approximate surface area is 194 Å². The van der Waals surface area contributed by atoms with Crippen molar-refractivity contribution < 1.29 is 9.59 Å². The van der Waals surface area contributed by atoms with E-state index in [1.54, 1.807) is 4.90 Å². The second-order valence-electron chi connectivity index (χ2n) is 8.52. The van der Waals surface area contributed by atoms with Crippen molar-refractivity contribution in [3.05, 3.63) is 60.2 Å². The fourth-order valence-electron chi connectivity index (χ4n) is 4.26. The van der Waals surface area contributed by atoms with Crippen molar-refractivity contribution in [2.45, 2.75) is 64.6 Å². The molecule has 8 nitrogen and oxygen atoms in total. The third-order valence-electron chi connectivity index (χ3n) is 6.04. The van der Waals surface area contributed by atoms with E-state index in [9.17, 15) is 9.59 Å². The standard InChI is InChI=1S/C25H30N6O2/c1-3-22(25(33)26-20-9-7-8-10-20)31(21-11-5-4-6-12-21)23(32)17-30-28-24(27-29-30)19-15-13-18(2)14-16-19/h4-6,11-16,20,22H,3,7-10,17H2,1-2H3,(H,26,33). The number of aryl methyl sites for hydroxylation is 1. The number of carbonyl (C=O) groups is 2. The number of benzene rings is 2. The highest BCUT2D eigenvalue weighted by molar-refractivity contribution is 6.00. The lowest BCUT2D eigenvalue weighted by atomic mass is 10.1. The number of rotatable bonds is 8. The largest absolute Gasteiger partial charge is 0.352 e. The molecule has 0 saturated heterocycles. The minimum atomic E-state index is -0.611. The number of amides is 2. The van der Waals surface area contributed by atoms with E-state index in [1.165, 1.54) is 4.80 Å². The van der Waals surface area contributed by atoms with Crippen LogP contribution in [0.3, 0.4) is 0 Å². The molecule has 1 aromatic heterocycles. The first-order valence-corrected chi connectivity index (χ1v) is 11.6. The van der Waals surface area contributed by atoms with Crippen LogP contribution >= 0.6 is 0 Å². The lowest BCUT2D eigenvalue weighted by molar-refractivity contribution is -0.127. The van der Waals surface area contributed by atoms with Gasteiger partial charge in [-0.1, -0.05) is 67.8 Å². The Balaban J connectivity index is 1.55. The highest BCUT2D eigenvalue weighted by Crippen LogP contribution is 2.22. The number of nitrogens with one attached hydrogen (secondary N) is 1. The first-order valence-electron chi connectivity index (χ1n) is 11.6. The third-order valence-corrected chi connectivity index (χ3v) is 6.04. The zero-order chi connectivity index (χ0) is 23.2. The van der Waals surface area contributed by atoms with Gasteiger partial charge in [-0.2, -0.15) is 4.80 Å². The van der Waals surface area contributed by atoms with Crippen LogP contribution in [0.2, 0.25) is 0 Å². The second kappa shape index (κ2) is 10.4. The van der Waals surface area contributed by atoms with E-state index < -0.39 is 6.04 Å². The molecule has 1 atom stereocenters. The fraction of sp³-hybridized carbons (Fsp3) is 0.400. The minimum absolute atomic E-state index is 0.110. The number of para-hydroxylation sites is 1. The Morgan fingerprint density at radius 3 is 2.45 bits per heavy atom. The van der Waals surface area contributed by atoms with Crippen LogP contribution < -0.4 is 10.2 Å². The average molecular weight is 447 g/mol. The number of aromatic nitrogens is 4. The van der Waals surface area contributed by atoms with Gasteiger partial charge in [-0.05, 0) is 43.5 Å². The minimum Gasteiger partial charge on any atom is -0.352 e. The molecular formula is C25H30N6O2. The molecule has 1 saturated carbocycles. The number of hydrogen-bond acceptors (Lipinski definition) is 5. The number of nitrogens with zero attached hydrogens (tertiary/aromatic N) is 5. The van der Waals surface area contributed by atoms with Gasteiger partial charge in [0.2, 0.25) is 11.7 Å². The van der Waals surface area contributed by atoms with Gasteiger partial charge < -0.3 is 5.32 Å². The zero-order valence-corrected chi connectivity index (χ0v) is 19.1. The molecule has 1 unspecified atom stereocenters. The summed E-state index contributed by atoms with van der Waals surface area (Å²) in [6, 6.07) is 16.7. The quantitative estimate of drug-likeness (QED) is 0.571. The van der Waals surface area contributed by atoms with E-state index in [-0.39, 0.29) is 24.4 Å². The Bertz CT molecular complexity index is 1070. The molecule has 1 heterocycles. The second-order valence-corrected chi connectivity index (χ2v) is 8.52. The number of carbonyl (C=O) groups excluding carboxylic acids is 2. The molecular weight excluding hydrogens is 416 g/mol. The lowest BCUT2D eigenvalue weighted by Crippen LogP contribution is -2.52. The molecule has 1 aliphatic carbocycles. The SMILES string of the molecule is CCC(C(=O)NC1CCCC1)N(C(=O)Cn1nnc(-c2ccc(C)cc2)n1)c1ccccc1. The predicted octanol–water partition coefficient (Wildman–Crippen LogP) is 3.52. The lowest BCUT2D eigenvalue weighted by Gasteiger charge is -2.31. The van der Waals surface area contributed by atoms with E-state index in [4.69, 9.17) is 0 Å². The van der Waals surface area contributed by atoms with Crippen LogP contribution in [0.1, 0.15) is 44.6 Å². The highest BCUT2D eigenvalue weighted by atomic mass is 16.2. The van der Waals surface area contributed by atoms with Crippen LogP contribution in [0.15, 0.2) is 54.6 Å². The van der Waals surface area contributed by atoms with Crippen molar-refractivity contribution in [1.82, 2.24) is 25.5 Å². The first-order chi connectivity index (χ1) is 16.0. The van der Waals surface area contributed by atoms with Crippen molar-refractivity contribution in [1.29, 1.82) is 0 Å². The van der Waals surface area contributed by atoms with Gasteiger partial charge in [0.05, 0.1) is 0 Å². The van der Waals surface area contributed by atoms with Gasteiger partial charge in [-0.15, -0.1) is 10.2 Å². The first kappa shape index (κ1) is 22.6. The monoisotopic (exact) mass is 446 g/mol. The highest BCUT2D eigenvalue weighted by Gasteiger charge is 2.32. The summed E-state index contributed by atoms with van der Waals surface area (Å²) >= 11 is 0. The summed E-state index contributed by atoms with van der Waals surface area (Å²) in [4.78, 5) is 29.5. The van der Waals surface area contributed by atoms with E-state index in [0.29, 0.717) is 17.9 Å². The van der Waals surface area contributed by atoms with Crippen molar-refractivity contribution in [3.63, 3.8) is 0 Å². The van der Waals surface area contributed by atoms with Gasteiger partial charge in [0.1, 0.15) is 12.6 Å². The van der Waals surface area contributed by atoms with E-state index >= 15 is 0 Å². The summed E-state index contributed by atoms with van der Waals surface area (Å²) in [5, 5.41) is 15.7. The molecule has 0 bridgehead atoms. The molecule has 3 aromatic rings. The molecule has 0 aliphatic heterocycles. The van der Waals surface area contributed by atoms with Crippen LogP contribution in [0, 0.1) is 6.92 Å². The molecule has 0 radical (unpaired) electrons. The fourth-order valence-corrected chi connectivity index (χ4v) is 4.26. The van der Waals surface area contributed by atoms with Gasteiger partial charge in [0.15, 0.2) is 0 Å². The number of tetrazole rings is 1. The molecule has 2 aromatic carbocycles. The average Bonchev–Trinajstić information content (AvgIpc) is 3.50. The summed E-state index contributed by atoms with van der Waals surface area (Å²) in [5.41, 5.74) is 2.65. The van der Waals surface area contributed by atoms with E-state index in [1.807, 2.05) is 68.4 Å². The molecule has 33 heavy (non-hydrogen) atoms. The van der Waals surface area contributed by atoms with Gasteiger partial charge >= 0.3 is 0 Å². The summed E-state index contributed by atoms with van der Waals surface area (Å²) < 4.78 is 0. The summed E-state index contributed by atoms with van der Waals surface area (Å²) in [6.07, 6.45) is 4.74. The zero-order valence-electron chi connectivity index (χ0n) is 19.1. The smallest absolute Gasteiger partial charge is 0.251 e. The van der Waals surface area contributed by atoms with E-state index in [2.05, 4.69) is 20.7 Å². The maximum atomic E-state index is 13.5. The topological polar surface area (TPSA) is 93.0 Å². The predicted molar refractivity (Wildman–Crippen MR) is 126 cm³/mol. The van der Waals surface area contributed by atoms with Crippen molar-refractivity contribution in [3.8, 4) is 11.4 Å². The van der Waals surface area contributed by atoms with Crippen molar-refractivity contribution in [2.75, 3.05) is 4.90 Å². The van der Waals surface area contributed by atoms with Crippen LogP contribution in [0.4, 0.5) is 5.69 Å². The molecule has 1 aliphatic rings. The summed E-state index contributed by atoms with van der Waals surface area (Å²) in [7, 11) is 0. The van der Waals surface area contributed by atoms with Crippen LogP contribution in [-0.4, -0.2) is 44.1 Å². The third kappa shape index (κ3) is 5.45. The number of anilines is 1. The Morgan fingerprint density at radius 1 is 1.09 bits per heavy atom. The van der Waals surface area contributed by atoms with Crippen LogP contribution in [0.5, 0.6) is 0 Å². The maximum absolute atomic E-state index is 13.5. The Hall–Kier alpha value is -3.55. The van der Waals surface area contributed by atoms with Gasteiger partial charge in [0.25, 0.3) is 5.91 Å². The molecule has 1 fully saturated rings. The van der Waals surface area contributed by atoms with Gasteiger partial charge in [0, 0.05) is 17.3 Å². The molecule has 8 heteroatoms. The Morgan fingerprint density at radius 2 is 1.79 bits per heavy atom. The van der Waals surface area contributed by atoms with Crippen molar-refractivity contribution in [2.24, 2.45) is 0 Å². The van der Waals surface area contributed by atoms with Crippen LogP contribution in [-0.2, 0) is 16.1 Å². The van der Waals surface area contributed by atoms with Gasteiger partial charge in [-0.3, -0.25) is 14.5 Å². The molecule has 1 N–H and O–H groups in total. The molecule has 4 rings (SSSR count). The van der Waals surface area contributed by atoms with Gasteiger partial charge in [-0.25, -0.2) is 0 Å². The van der Waals surface area contributed by atoms with Crippen molar-refractivity contribution >= 4 is 17.5 Å². The molecule has 172 valence electrons. The number of hydrogen-bond donors (Lipinski definition) is 1. The normalized spacial score (nSPS) is 14.7. The summed E-state index contributed by atoms with van der Waals surface area (Å²) in [5.74, 6) is 0.0797. The maximum Gasteiger partial charge on any atom is 0.251 e. The molecule has 0 spiro atoms. The molecule has 2 amide bonds. The summed E-state index contributed by atoms with van der Waals surface area (Å²) in [6.45, 7) is 3.82.